The van der Waals surface area contributed by atoms with Gasteiger partial charge >= 0.3 is 5.97 Å². The van der Waals surface area contributed by atoms with Crippen LogP contribution < -0.4 is 4.90 Å². The van der Waals surface area contributed by atoms with Crippen LogP contribution in [0.15, 0.2) is 36.4 Å². The van der Waals surface area contributed by atoms with Crippen molar-refractivity contribution < 1.29 is 23.6 Å². The lowest BCUT2D eigenvalue weighted by molar-refractivity contribution is -0.385. The summed E-state index contributed by atoms with van der Waals surface area (Å²) in [4.78, 5) is 23.4. The molecule has 0 aromatic heterocycles. The summed E-state index contributed by atoms with van der Waals surface area (Å²) < 4.78 is 27.3. The van der Waals surface area contributed by atoms with Gasteiger partial charge in [0, 0.05) is 36.7 Å². The first-order valence-electron chi connectivity index (χ1n) is 7.58. The van der Waals surface area contributed by atoms with E-state index in [1.165, 1.54) is 18.2 Å². The van der Waals surface area contributed by atoms with Crippen LogP contribution in [0.4, 0.5) is 20.2 Å². The van der Waals surface area contributed by atoms with Crippen molar-refractivity contribution in [2.75, 3.05) is 18.0 Å². The van der Waals surface area contributed by atoms with Gasteiger partial charge in [-0.3, -0.25) is 10.1 Å². The number of carboxylic acids is 1. The number of carbonyl (C=O) groups is 1. The Hall–Kier alpha value is -2.74. The molecule has 1 fully saturated rings. The third kappa shape index (κ3) is 3.75. The van der Waals surface area contributed by atoms with E-state index in [-0.39, 0.29) is 41.8 Å². The molecule has 3 rings (SSSR count). The van der Waals surface area contributed by atoms with Gasteiger partial charge in [-0.05, 0) is 30.7 Å². The molecule has 6 nitrogen and oxygen atoms in total. The van der Waals surface area contributed by atoms with E-state index in [0.717, 1.165) is 18.2 Å². The number of nitrogens with zero attached hydrogens (tertiary/aromatic N) is 2. The van der Waals surface area contributed by atoms with Gasteiger partial charge in [-0.25, -0.2) is 13.6 Å². The second-order valence-electron chi connectivity index (χ2n) is 5.86. The van der Waals surface area contributed by atoms with Crippen molar-refractivity contribution in [3.8, 4) is 0 Å². The predicted molar refractivity (Wildman–Crippen MR) is 93.2 cm³/mol. The highest BCUT2D eigenvalue weighted by Crippen LogP contribution is 2.36. The minimum Gasteiger partial charge on any atom is -0.478 e. The number of hydrogen-bond donors (Lipinski definition) is 1. The molecule has 9 heteroatoms. The molecule has 1 aliphatic rings. The molecular formula is C17H15ClF2N2O4. The average molecular weight is 385 g/mol. The molecule has 1 N–H and O–H groups in total. The molecule has 0 amide bonds. The maximum absolute atomic E-state index is 13.9. The summed E-state index contributed by atoms with van der Waals surface area (Å²) >= 11 is 0. The largest absolute Gasteiger partial charge is 0.478 e. The van der Waals surface area contributed by atoms with Crippen LogP contribution in [-0.2, 0) is 0 Å². The van der Waals surface area contributed by atoms with Crippen LogP contribution in [0.25, 0.3) is 0 Å². The number of hydrogen-bond acceptors (Lipinski definition) is 4. The lowest BCUT2D eigenvalue weighted by atomic mass is 9.94. The summed E-state index contributed by atoms with van der Waals surface area (Å²) in [7, 11) is 0. The smallest absolute Gasteiger partial charge is 0.335 e. The molecule has 26 heavy (non-hydrogen) atoms. The zero-order valence-electron chi connectivity index (χ0n) is 13.4. The molecule has 0 aliphatic carbocycles. The average Bonchev–Trinajstić information content (AvgIpc) is 3.06. The molecule has 1 atom stereocenters. The van der Waals surface area contributed by atoms with E-state index in [0.29, 0.717) is 18.5 Å². The number of aromatic carboxylic acids is 1. The van der Waals surface area contributed by atoms with Gasteiger partial charge in [0.25, 0.3) is 5.69 Å². The molecule has 0 bridgehead atoms. The van der Waals surface area contributed by atoms with E-state index >= 15 is 0 Å². The monoisotopic (exact) mass is 384 g/mol. The minimum atomic E-state index is -1.18. The van der Waals surface area contributed by atoms with Crippen LogP contribution in [0.1, 0.15) is 28.3 Å². The Kier molecular flexibility index (Phi) is 5.76. The SMILES string of the molecule is Cl.O=C(O)c1ccc([N+](=O)[O-])c(C2CCN(c3cc(F)ccc3F)C2)c1. The van der Waals surface area contributed by atoms with Gasteiger partial charge in [-0.15, -0.1) is 12.4 Å². The first-order valence-corrected chi connectivity index (χ1v) is 7.58. The molecule has 138 valence electrons. The fourth-order valence-electron chi connectivity index (χ4n) is 3.14. The van der Waals surface area contributed by atoms with E-state index in [1.54, 1.807) is 4.90 Å². The fourth-order valence-corrected chi connectivity index (χ4v) is 3.14. The van der Waals surface area contributed by atoms with E-state index in [2.05, 4.69) is 0 Å². The Bertz CT molecular complexity index is 863. The zero-order chi connectivity index (χ0) is 18.1. The topological polar surface area (TPSA) is 83.7 Å². The molecule has 0 spiro atoms. The third-order valence-corrected chi connectivity index (χ3v) is 4.35. The maximum Gasteiger partial charge on any atom is 0.335 e. The van der Waals surface area contributed by atoms with E-state index in [1.807, 2.05) is 0 Å². The number of nitro groups is 1. The van der Waals surface area contributed by atoms with Gasteiger partial charge in [-0.1, -0.05) is 0 Å². The van der Waals surface area contributed by atoms with Crippen molar-refractivity contribution in [1.82, 2.24) is 0 Å². The van der Waals surface area contributed by atoms with Crippen LogP contribution in [0.3, 0.4) is 0 Å². The molecule has 0 radical (unpaired) electrons. The van der Waals surface area contributed by atoms with Crippen LogP contribution in [0.5, 0.6) is 0 Å². The van der Waals surface area contributed by atoms with Crippen LogP contribution in [0, 0.1) is 21.7 Å². The lowest BCUT2D eigenvalue weighted by Gasteiger charge is -2.19. The number of carboxylic acid groups (broad SMARTS) is 1. The molecular weight excluding hydrogens is 370 g/mol. The Morgan fingerprint density at radius 2 is 1.96 bits per heavy atom. The summed E-state index contributed by atoms with van der Waals surface area (Å²) in [5.41, 5.74) is 0.177. The first kappa shape index (κ1) is 19.6. The highest BCUT2D eigenvalue weighted by Gasteiger charge is 2.31. The van der Waals surface area contributed by atoms with Crippen LogP contribution in [-0.4, -0.2) is 29.1 Å². The van der Waals surface area contributed by atoms with E-state index < -0.39 is 22.5 Å². The van der Waals surface area contributed by atoms with E-state index in [4.69, 9.17) is 5.11 Å². The van der Waals surface area contributed by atoms with Crippen molar-refractivity contribution in [3.63, 3.8) is 0 Å². The second kappa shape index (κ2) is 7.65. The molecule has 1 saturated heterocycles. The molecule has 0 saturated carbocycles. The minimum absolute atomic E-state index is 0. The van der Waals surface area contributed by atoms with Crippen molar-refractivity contribution >= 4 is 29.8 Å². The number of rotatable bonds is 4. The number of anilines is 1. The summed E-state index contributed by atoms with van der Waals surface area (Å²) in [6, 6.07) is 6.78. The second-order valence-corrected chi connectivity index (χ2v) is 5.86. The molecule has 1 unspecified atom stereocenters. The summed E-state index contributed by atoms with van der Waals surface area (Å²) in [6.45, 7) is 0.629. The Morgan fingerprint density at radius 1 is 1.23 bits per heavy atom. The van der Waals surface area contributed by atoms with Gasteiger partial charge in [0.05, 0.1) is 16.2 Å². The third-order valence-electron chi connectivity index (χ3n) is 4.35. The summed E-state index contributed by atoms with van der Waals surface area (Å²) in [5.74, 6) is -2.67. The summed E-state index contributed by atoms with van der Waals surface area (Å²) in [5, 5.41) is 20.4. The van der Waals surface area contributed by atoms with Gasteiger partial charge < -0.3 is 10.0 Å². The molecule has 1 aliphatic heterocycles. The Labute approximate surface area is 153 Å². The molecule has 2 aromatic carbocycles. The van der Waals surface area contributed by atoms with Crippen LogP contribution in [0.2, 0.25) is 0 Å². The lowest BCUT2D eigenvalue weighted by Crippen LogP contribution is -2.21. The predicted octanol–water partition coefficient (Wildman–Crippen LogP) is 3.99. The maximum atomic E-state index is 13.9. The fraction of sp³-hybridized carbons (Fsp3) is 0.235. The van der Waals surface area contributed by atoms with Gasteiger partial charge in [0.2, 0.25) is 0 Å². The first-order chi connectivity index (χ1) is 11.9. The Balaban J connectivity index is 0.00000243. The van der Waals surface area contributed by atoms with Gasteiger partial charge in [0.15, 0.2) is 0 Å². The summed E-state index contributed by atoms with van der Waals surface area (Å²) in [6.07, 6.45) is 0.472. The van der Waals surface area contributed by atoms with Crippen molar-refractivity contribution in [3.05, 3.63) is 69.3 Å². The molecule has 2 aromatic rings. The Morgan fingerprint density at radius 3 is 2.62 bits per heavy atom. The normalized spacial score (nSPS) is 16.2. The van der Waals surface area contributed by atoms with Gasteiger partial charge in [0.1, 0.15) is 11.6 Å². The number of benzene rings is 2. The highest BCUT2D eigenvalue weighted by atomic mass is 35.5. The van der Waals surface area contributed by atoms with Crippen LogP contribution >= 0.6 is 12.4 Å². The highest BCUT2D eigenvalue weighted by molar-refractivity contribution is 5.88. The zero-order valence-corrected chi connectivity index (χ0v) is 14.2. The van der Waals surface area contributed by atoms with Gasteiger partial charge in [-0.2, -0.15) is 0 Å². The number of halogens is 3. The van der Waals surface area contributed by atoms with Crippen molar-refractivity contribution in [1.29, 1.82) is 0 Å². The number of nitro benzene ring substituents is 1. The quantitative estimate of drug-likeness (QED) is 0.636. The van der Waals surface area contributed by atoms with Crippen molar-refractivity contribution in [2.45, 2.75) is 12.3 Å². The van der Waals surface area contributed by atoms with E-state index in [9.17, 15) is 23.7 Å². The van der Waals surface area contributed by atoms with Crippen molar-refractivity contribution in [2.24, 2.45) is 0 Å². The molecule has 1 heterocycles. The standard InChI is InChI=1S/C17H14F2N2O4.ClH/c18-12-2-3-14(19)16(8-12)20-6-5-11(9-20)13-7-10(17(22)23)1-4-15(13)21(24)25;/h1-4,7-8,11H,5-6,9H2,(H,22,23);1H.